The number of benzene rings is 2. The number of ketones is 1. The third kappa shape index (κ3) is 4.23. The van der Waals surface area contributed by atoms with Crippen molar-refractivity contribution >= 4 is 29.1 Å². The van der Waals surface area contributed by atoms with Crippen molar-refractivity contribution in [3.8, 4) is 17.1 Å². The standard InChI is InChI=1S/C19H15ClF3N3OS/c1-11(27)12(2)28-18-25-24-17(15-8-3-4-9-16(15)20)26(18)14-7-5-6-13(10-14)19(21,22)23/h3-10,12H,1-2H3. The maximum absolute atomic E-state index is 13.2. The molecule has 0 spiro atoms. The van der Waals surface area contributed by atoms with Crippen LogP contribution in [0.4, 0.5) is 13.2 Å². The second-order valence-electron chi connectivity index (χ2n) is 6.04. The molecule has 146 valence electrons. The van der Waals surface area contributed by atoms with Gasteiger partial charge >= 0.3 is 6.18 Å². The van der Waals surface area contributed by atoms with Crippen LogP contribution in [0, 0.1) is 0 Å². The van der Waals surface area contributed by atoms with E-state index >= 15 is 0 Å². The number of aromatic nitrogens is 3. The maximum Gasteiger partial charge on any atom is 0.416 e. The molecule has 1 unspecified atom stereocenters. The van der Waals surface area contributed by atoms with E-state index in [-0.39, 0.29) is 11.5 Å². The molecule has 0 aliphatic rings. The molecule has 0 saturated heterocycles. The van der Waals surface area contributed by atoms with Crippen LogP contribution in [0.5, 0.6) is 0 Å². The molecule has 0 aliphatic heterocycles. The van der Waals surface area contributed by atoms with E-state index in [0.29, 0.717) is 21.6 Å². The molecule has 2 aromatic carbocycles. The van der Waals surface area contributed by atoms with Crippen LogP contribution < -0.4 is 0 Å². The molecule has 1 aromatic heterocycles. The number of halogens is 4. The van der Waals surface area contributed by atoms with Gasteiger partial charge in [0.05, 0.1) is 21.5 Å². The molecule has 3 aromatic rings. The van der Waals surface area contributed by atoms with Crippen LogP contribution in [0.1, 0.15) is 19.4 Å². The maximum atomic E-state index is 13.2. The van der Waals surface area contributed by atoms with Gasteiger partial charge in [-0.1, -0.05) is 41.6 Å². The number of Topliss-reactive ketones (excluding diaryl/α,β-unsaturated/α-hetero) is 1. The van der Waals surface area contributed by atoms with Crippen molar-refractivity contribution in [3.05, 3.63) is 59.1 Å². The molecular weight excluding hydrogens is 411 g/mol. The zero-order valence-electron chi connectivity index (χ0n) is 14.9. The van der Waals surface area contributed by atoms with Crippen molar-refractivity contribution in [1.29, 1.82) is 0 Å². The third-order valence-electron chi connectivity index (χ3n) is 4.03. The number of hydrogen-bond donors (Lipinski definition) is 0. The van der Waals surface area contributed by atoms with E-state index in [4.69, 9.17) is 11.6 Å². The van der Waals surface area contributed by atoms with Crippen LogP contribution in [0.2, 0.25) is 5.02 Å². The Kier molecular flexibility index (Phi) is 5.81. The molecule has 0 N–H and O–H groups in total. The van der Waals surface area contributed by atoms with Gasteiger partial charge in [0, 0.05) is 5.56 Å². The van der Waals surface area contributed by atoms with E-state index < -0.39 is 17.0 Å². The van der Waals surface area contributed by atoms with Crippen molar-refractivity contribution in [3.63, 3.8) is 0 Å². The van der Waals surface area contributed by atoms with Crippen LogP contribution in [0.25, 0.3) is 17.1 Å². The average Bonchev–Trinajstić information content (AvgIpc) is 3.04. The summed E-state index contributed by atoms with van der Waals surface area (Å²) in [6.45, 7) is 3.14. The summed E-state index contributed by atoms with van der Waals surface area (Å²) in [6, 6.07) is 11.7. The van der Waals surface area contributed by atoms with Crippen molar-refractivity contribution in [2.45, 2.75) is 30.4 Å². The fraction of sp³-hybridized carbons (Fsp3) is 0.211. The molecule has 0 saturated carbocycles. The highest BCUT2D eigenvalue weighted by atomic mass is 35.5. The van der Waals surface area contributed by atoms with E-state index in [1.54, 1.807) is 31.2 Å². The van der Waals surface area contributed by atoms with Crippen LogP contribution in [0.3, 0.4) is 0 Å². The van der Waals surface area contributed by atoms with E-state index in [9.17, 15) is 18.0 Å². The molecule has 0 aliphatic carbocycles. The zero-order valence-corrected chi connectivity index (χ0v) is 16.4. The number of hydrogen-bond acceptors (Lipinski definition) is 4. The van der Waals surface area contributed by atoms with Gasteiger partial charge in [-0.15, -0.1) is 10.2 Å². The number of rotatable bonds is 5. The molecule has 0 fully saturated rings. The molecule has 4 nitrogen and oxygen atoms in total. The van der Waals surface area contributed by atoms with Gasteiger partial charge in [0.25, 0.3) is 0 Å². The van der Waals surface area contributed by atoms with Crippen molar-refractivity contribution < 1.29 is 18.0 Å². The smallest absolute Gasteiger partial charge is 0.299 e. The third-order valence-corrected chi connectivity index (χ3v) is 5.52. The second kappa shape index (κ2) is 7.97. The molecule has 0 amide bonds. The summed E-state index contributed by atoms with van der Waals surface area (Å²) in [4.78, 5) is 11.7. The predicted molar refractivity (Wildman–Crippen MR) is 103 cm³/mol. The minimum Gasteiger partial charge on any atom is -0.299 e. The quantitative estimate of drug-likeness (QED) is 0.494. The molecule has 28 heavy (non-hydrogen) atoms. The molecular formula is C19H15ClF3N3OS. The highest BCUT2D eigenvalue weighted by molar-refractivity contribution is 8.00. The van der Waals surface area contributed by atoms with Gasteiger partial charge in [0.15, 0.2) is 11.0 Å². The van der Waals surface area contributed by atoms with Crippen LogP contribution in [0.15, 0.2) is 53.7 Å². The fourth-order valence-electron chi connectivity index (χ4n) is 2.46. The Balaban J connectivity index is 2.20. The largest absolute Gasteiger partial charge is 0.416 e. The minimum atomic E-state index is -4.49. The van der Waals surface area contributed by atoms with E-state index in [2.05, 4.69) is 10.2 Å². The minimum absolute atomic E-state index is 0.0807. The highest BCUT2D eigenvalue weighted by Gasteiger charge is 2.31. The normalized spacial score (nSPS) is 12.8. The van der Waals surface area contributed by atoms with Gasteiger partial charge < -0.3 is 0 Å². The highest BCUT2D eigenvalue weighted by Crippen LogP contribution is 2.35. The van der Waals surface area contributed by atoms with Crippen molar-refractivity contribution in [2.75, 3.05) is 0 Å². The summed E-state index contributed by atoms with van der Waals surface area (Å²) >= 11 is 7.39. The Morgan fingerprint density at radius 2 is 1.86 bits per heavy atom. The van der Waals surface area contributed by atoms with E-state index in [0.717, 1.165) is 23.9 Å². The molecule has 0 radical (unpaired) electrons. The van der Waals surface area contributed by atoms with Gasteiger partial charge in [-0.2, -0.15) is 13.2 Å². The average molecular weight is 426 g/mol. The SMILES string of the molecule is CC(=O)C(C)Sc1nnc(-c2ccccc2Cl)n1-c1cccc(C(F)(F)F)c1. The van der Waals surface area contributed by atoms with Crippen molar-refractivity contribution in [2.24, 2.45) is 0 Å². The Labute approximate surface area is 168 Å². The Hall–Kier alpha value is -2.32. The zero-order chi connectivity index (χ0) is 20.5. The summed E-state index contributed by atoms with van der Waals surface area (Å²) in [6.07, 6.45) is -4.49. The Bertz CT molecular complexity index is 1020. The summed E-state index contributed by atoms with van der Waals surface area (Å²) in [5.74, 6) is 0.214. The number of nitrogens with zero attached hydrogens (tertiary/aromatic N) is 3. The molecule has 1 atom stereocenters. The molecule has 9 heteroatoms. The lowest BCUT2D eigenvalue weighted by molar-refractivity contribution is -0.137. The summed E-state index contributed by atoms with van der Waals surface area (Å²) < 4.78 is 41.1. The second-order valence-corrected chi connectivity index (χ2v) is 7.76. The number of carbonyl (C=O) groups is 1. The van der Waals surface area contributed by atoms with Crippen LogP contribution >= 0.6 is 23.4 Å². The van der Waals surface area contributed by atoms with Crippen LogP contribution in [-0.4, -0.2) is 25.8 Å². The summed E-state index contributed by atoms with van der Waals surface area (Å²) in [5.41, 5.74) is -0.0382. The first kappa shape index (κ1) is 20.4. The lowest BCUT2D eigenvalue weighted by atomic mass is 10.1. The van der Waals surface area contributed by atoms with Gasteiger partial charge in [-0.05, 0) is 44.2 Å². The van der Waals surface area contributed by atoms with Crippen molar-refractivity contribution in [1.82, 2.24) is 14.8 Å². The molecule has 0 bridgehead atoms. The van der Waals surface area contributed by atoms with Crippen LogP contribution in [-0.2, 0) is 11.0 Å². The Morgan fingerprint density at radius 3 is 2.50 bits per heavy atom. The van der Waals surface area contributed by atoms with Gasteiger partial charge in [-0.3, -0.25) is 9.36 Å². The molecule has 3 rings (SSSR count). The first-order chi connectivity index (χ1) is 13.2. The monoisotopic (exact) mass is 425 g/mol. The van der Waals surface area contributed by atoms with Gasteiger partial charge in [-0.25, -0.2) is 0 Å². The number of carbonyl (C=O) groups excluding carboxylic acids is 1. The van der Waals surface area contributed by atoms with Gasteiger partial charge in [0.2, 0.25) is 0 Å². The fourth-order valence-corrected chi connectivity index (χ4v) is 3.55. The summed E-state index contributed by atoms with van der Waals surface area (Å²) in [5, 5.41) is 8.50. The lowest BCUT2D eigenvalue weighted by Crippen LogP contribution is -2.11. The van der Waals surface area contributed by atoms with Gasteiger partial charge in [0.1, 0.15) is 5.78 Å². The molecule has 1 heterocycles. The predicted octanol–water partition coefficient (Wildman–Crippen LogP) is 5.68. The summed E-state index contributed by atoms with van der Waals surface area (Å²) in [7, 11) is 0. The van der Waals surface area contributed by atoms with E-state index in [1.807, 2.05) is 0 Å². The lowest BCUT2D eigenvalue weighted by Gasteiger charge is -2.14. The number of thioether (sulfide) groups is 1. The Morgan fingerprint density at radius 1 is 1.14 bits per heavy atom. The first-order valence-electron chi connectivity index (χ1n) is 8.23. The first-order valence-corrected chi connectivity index (χ1v) is 9.49. The van der Waals surface area contributed by atoms with E-state index in [1.165, 1.54) is 23.6 Å². The number of alkyl halides is 3. The topological polar surface area (TPSA) is 47.8 Å².